The molecule has 0 saturated carbocycles. The van der Waals surface area contributed by atoms with Gasteiger partial charge in [0.15, 0.2) is 0 Å². The number of benzene rings is 1. The van der Waals surface area contributed by atoms with E-state index < -0.39 is 0 Å². The van der Waals surface area contributed by atoms with Crippen LogP contribution in [-0.4, -0.2) is 36.6 Å². The summed E-state index contributed by atoms with van der Waals surface area (Å²) in [6.45, 7) is 9.03. The monoisotopic (exact) mass is 354 g/mol. The molecule has 1 unspecified atom stereocenters. The number of rotatable bonds is 11. The van der Waals surface area contributed by atoms with Gasteiger partial charge < -0.3 is 10.5 Å². The lowest BCUT2D eigenvalue weighted by Crippen LogP contribution is -2.40. The Kier molecular flexibility index (Phi) is 9.80. The van der Waals surface area contributed by atoms with E-state index in [0.717, 1.165) is 32.4 Å². The van der Waals surface area contributed by atoms with Crippen molar-refractivity contribution in [3.05, 3.63) is 28.8 Å². The molecule has 5 heteroatoms. The molecule has 0 amide bonds. The number of unbranched alkanes of at least 4 members (excludes halogenated alkanes) is 2. The summed E-state index contributed by atoms with van der Waals surface area (Å²) in [5, 5.41) is 0.335. The van der Waals surface area contributed by atoms with Gasteiger partial charge in [-0.15, -0.1) is 0 Å². The first-order valence-corrected chi connectivity index (χ1v) is 9.37. The minimum absolute atomic E-state index is 0.250. The van der Waals surface area contributed by atoms with Crippen molar-refractivity contribution in [2.24, 2.45) is 0 Å². The predicted octanol–water partition coefficient (Wildman–Crippen LogP) is 4.76. The van der Waals surface area contributed by atoms with Crippen LogP contribution in [-0.2, 0) is 4.74 Å². The molecule has 1 aromatic rings. The molecule has 136 valence electrons. The summed E-state index contributed by atoms with van der Waals surface area (Å²) >= 11 is 6.08. The van der Waals surface area contributed by atoms with Gasteiger partial charge in [0.2, 0.25) is 0 Å². The minimum Gasteiger partial charge on any atom is -0.460 e. The van der Waals surface area contributed by atoms with Gasteiger partial charge in [-0.2, -0.15) is 0 Å². The maximum absolute atomic E-state index is 12.3. The third-order valence-corrected chi connectivity index (χ3v) is 4.52. The largest absolute Gasteiger partial charge is 0.460 e. The number of nitrogen functional groups attached to an aromatic ring is 1. The van der Waals surface area contributed by atoms with Crippen LogP contribution in [0, 0.1) is 0 Å². The van der Waals surface area contributed by atoms with Crippen LogP contribution in [0.15, 0.2) is 18.2 Å². The van der Waals surface area contributed by atoms with Crippen LogP contribution in [0.3, 0.4) is 0 Å². The third kappa shape index (κ3) is 6.70. The van der Waals surface area contributed by atoms with E-state index in [9.17, 15) is 4.79 Å². The molecular weight excluding hydrogens is 324 g/mol. The molecule has 0 heterocycles. The van der Waals surface area contributed by atoms with Gasteiger partial charge in [0.1, 0.15) is 6.61 Å². The Hall–Kier alpha value is -1.26. The summed E-state index contributed by atoms with van der Waals surface area (Å²) in [6, 6.07) is 5.10. The van der Waals surface area contributed by atoms with Gasteiger partial charge in [-0.05, 0) is 50.6 Å². The van der Waals surface area contributed by atoms with Crippen molar-refractivity contribution in [2.75, 3.05) is 25.4 Å². The molecule has 0 aliphatic heterocycles. The molecule has 0 aliphatic carbocycles. The number of hydrogen-bond acceptors (Lipinski definition) is 4. The SMILES string of the molecule is CCCCN(CCCC)C(CC)COC(=O)c1ccc(N)cc1Cl. The van der Waals surface area contributed by atoms with Crippen molar-refractivity contribution in [1.29, 1.82) is 0 Å². The Labute approximate surface area is 151 Å². The first kappa shape index (κ1) is 20.8. The summed E-state index contributed by atoms with van der Waals surface area (Å²) in [5.74, 6) is -0.385. The van der Waals surface area contributed by atoms with Crippen LogP contribution < -0.4 is 5.73 Å². The molecule has 0 spiro atoms. The van der Waals surface area contributed by atoms with Crippen LogP contribution in [0.25, 0.3) is 0 Å². The van der Waals surface area contributed by atoms with Gasteiger partial charge in [-0.3, -0.25) is 4.90 Å². The number of nitrogens with two attached hydrogens (primary N) is 1. The summed E-state index contributed by atoms with van der Waals surface area (Å²) in [4.78, 5) is 14.7. The summed E-state index contributed by atoms with van der Waals surface area (Å²) in [6.07, 6.45) is 5.62. The molecule has 2 N–H and O–H groups in total. The van der Waals surface area contributed by atoms with Crippen LogP contribution in [0.5, 0.6) is 0 Å². The van der Waals surface area contributed by atoms with E-state index in [0.29, 0.717) is 22.9 Å². The zero-order chi connectivity index (χ0) is 17.9. The summed E-state index contributed by atoms with van der Waals surface area (Å²) in [5.41, 5.74) is 6.57. The smallest absolute Gasteiger partial charge is 0.339 e. The molecule has 0 fully saturated rings. The highest BCUT2D eigenvalue weighted by molar-refractivity contribution is 6.33. The minimum atomic E-state index is -0.385. The second-order valence-corrected chi connectivity index (χ2v) is 6.55. The van der Waals surface area contributed by atoms with Crippen LogP contribution in [0.4, 0.5) is 5.69 Å². The second kappa shape index (κ2) is 11.3. The molecule has 1 atom stereocenters. The number of hydrogen-bond donors (Lipinski definition) is 1. The predicted molar refractivity (Wildman–Crippen MR) is 102 cm³/mol. The molecule has 0 saturated heterocycles. The fourth-order valence-corrected chi connectivity index (χ4v) is 2.89. The number of carbonyl (C=O) groups excluding carboxylic acids is 1. The van der Waals surface area contributed by atoms with E-state index in [1.54, 1.807) is 18.2 Å². The highest BCUT2D eigenvalue weighted by Gasteiger charge is 2.19. The summed E-state index contributed by atoms with van der Waals surface area (Å²) < 4.78 is 5.54. The highest BCUT2D eigenvalue weighted by atomic mass is 35.5. The van der Waals surface area contributed by atoms with E-state index in [1.807, 2.05) is 0 Å². The molecule has 4 nitrogen and oxygen atoms in total. The van der Waals surface area contributed by atoms with Crippen molar-refractivity contribution >= 4 is 23.3 Å². The first-order chi connectivity index (χ1) is 11.5. The number of halogens is 1. The second-order valence-electron chi connectivity index (χ2n) is 6.14. The lowest BCUT2D eigenvalue weighted by atomic mass is 10.1. The van der Waals surface area contributed by atoms with E-state index >= 15 is 0 Å². The molecule has 0 radical (unpaired) electrons. The topological polar surface area (TPSA) is 55.6 Å². The van der Waals surface area contributed by atoms with Crippen molar-refractivity contribution in [1.82, 2.24) is 4.90 Å². The third-order valence-electron chi connectivity index (χ3n) is 4.21. The number of nitrogens with zero attached hydrogens (tertiary/aromatic N) is 1. The first-order valence-electron chi connectivity index (χ1n) is 8.99. The maximum atomic E-state index is 12.3. The van der Waals surface area contributed by atoms with Crippen LogP contribution in [0.1, 0.15) is 63.2 Å². The number of esters is 1. The van der Waals surface area contributed by atoms with E-state index in [2.05, 4.69) is 25.7 Å². The van der Waals surface area contributed by atoms with E-state index in [-0.39, 0.29) is 12.0 Å². The average Bonchev–Trinajstić information content (AvgIpc) is 2.56. The Morgan fingerprint density at radius 2 is 1.83 bits per heavy atom. The molecule has 0 aromatic heterocycles. The fraction of sp³-hybridized carbons (Fsp3) is 0.632. The zero-order valence-electron chi connectivity index (χ0n) is 15.2. The van der Waals surface area contributed by atoms with Gasteiger partial charge in [-0.1, -0.05) is 45.2 Å². The number of ether oxygens (including phenoxy) is 1. The van der Waals surface area contributed by atoms with E-state index in [4.69, 9.17) is 22.1 Å². The zero-order valence-corrected chi connectivity index (χ0v) is 15.9. The fourth-order valence-electron chi connectivity index (χ4n) is 2.63. The van der Waals surface area contributed by atoms with Gasteiger partial charge in [0, 0.05) is 11.7 Å². The molecular formula is C19H31ClN2O2. The molecule has 1 rings (SSSR count). The normalized spacial score (nSPS) is 12.4. The lowest BCUT2D eigenvalue weighted by molar-refractivity contribution is 0.0338. The molecule has 24 heavy (non-hydrogen) atoms. The van der Waals surface area contributed by atoms with Crippen LogP contribution in [0.2, 0.25) is 5.02 Å². The van der Waals surface area contributed by atoms with Gasteiger partial charge in [-0.25, -0.2) is 4.79 Å². The number of anilines is 1. The van der Waals surface area contributed by atoms with Crippen molar-refractivity contribution in [3.8, 4) is 0 Å². The van der Waals surface area contributed by atoms with Gasteiger partial charge >= 0.3 is 5.97 Å². The molecule has 1 aromatic carbocycles. The Morgan fingerprint density at radius 3 is 2.33 bits per heavy atom. The van der Waals surface area contributed by atoms with Crippen molar-refractivity contribution in [3.63, 3.8) is 0 Å². The Bertz CT molecular complexity index is 500. The highest BCUT2D eigenvalue weighted by Crippen LogP contribution is 2.20. The maximum Gasteiger partial charge on any atom is 0.339 e. The van der Waals surface area contributed by atoms with Gasteiger partial charge in [0.25, 0.3) is 0 Å². The Morgan fingerprint density at radius 1 is 1.21 bits per heavy atom. The molecule has 0 aliphatic rings. The summed E-state index contributed by atoms with van der Waals surface area (Å²) in [7, 11) is 0. The lowest BCUT2D eigenvalue weighted by Gasteiger charge is -2.30. The quantitative estimate of drug-likeness (QED) is 0.459. The van der Waals surface area contributed by atoms with E-state index in [1.165, 1.54) is 12.8 Å². The van der Waals surface area contributed by atoms with Crippen LogP contribution >= 0.6 is 11.6 Å². The average molecular weight is 355 g/mol. The van der Waals surface area contributed by atoms with Crippen molar-refractivity contribution < 1.29 is 9.53 Å². The standard InChI is InChI=1S/C19H31ClN2O2/c1-4-7-11-22(12-8-5-2)16(6-3)14-24-19(23)17-10-9-15(21)13-18(17)20/h9-10,13,16H,4-8,11-12,14,21H2,1-3H3. The Balaban J connectivity index is 2.66. The van der Waals surface area contributed by atoms with Crippen molar-refractivity contribution in [2.45, 2.75) is 58.9 Å². The number of carbonyl (C=O) groups is 1. The molecule has 0 bridgehead atoms. The van der Waals surface area contributed by atoms with Gasteiger partial charge in [0.05, 0.1) is 10.6 Å².